The van der Waals surface area contributed by atoms with Gasteiger partial charge in [0.15, 0.2) is 0 Å². The minimum absolute atomic E-state index is 0.114. The second kappa shape index (κ2) is 6.77. The Balaban J connectivity index is 1.93. The van der Waals surface area contributed by atoms with Crippen LogP contribution in [-0.4, -0.2) is 17.6 Å². The number of aromatic hydroxyl groups is 1. The highest BCUT2D eigenvalue weighted by molar-refractivity contribution is 6.32. The fraction of sp³-hybridized carbons (Fsp3) is 0.467. The van der Waals surface area contributed by atoms with E-state index in [-0.39, 0.29) is 16.5 Å². The largest absolute Gasteiger partial charge is 0.506 e. The first-order valence-electron chi connectivity index (χ1n) is 6.87. The Bertz CT molecular complexity index is 578. The van der Waals surface area contributed by atoms with E-state index in [4.69, 9.17) is 16.9 Å². The van der Waals surface area contributed by atoms with Gasteiger partial charge >= 0.3 is 0 Å². The molecule has 2 N–H and O–H groups in total. The molecule has 1 amide bonds. The molecule has 0 bridgehead atoms. The molecular weight excluding hydrogens is 295 g/mol. The van der Waals surface area contributed by atoms with Crippen LogP contribution in [0.3, 0.4) is 0 Å². The first-order valence-corrected chi connectivity index (χ1v) is 7.25. The quantitative estimate of drug-likeness (QED) is 0.900. The topological polar surface area (TPSA) is 73.1 Å². The number of benzene rings is 1. The molecule has 1 aliphatic rings. The van der Waals surface area contributed by atoms with Gasteiger partial charge in [0.05, 0.1) is 16.7 Å². The van der Waals surface area contributed by atoms with Gasteiger partial charge in [-0.1, -0.05) is 11.6 Å². The summed E-state index contributed by atoms with van der Waals surface area (Å²) in [5.41, 5.74) is -0.161. The molecule has 2 rings (SSSR count). The van der Waals surface area contributed by atoms with Crippen LogP contribution in [0, 0.1) is 29.0 Å². The van der Waals surface area contributed by atoms with Gasteiger partial charge < -0.3 is 10.4 Å². The van der Waals surface area contributed by atoms with Crippen molar-refractivity contribution in [1.29, 1.82) is 5.26 Å². The van der Waals surface area contributed by atoms with E-state index in [2.05, 4.69) is 11.4 Å². The number of amides is 1. The van der Waals surface area contributed by atoms with Crippen LogP contribution in [0.4, 0.5) is 4.39 Å². The van der Waals surface area contributed by atoms with Crippen molar-refractivity contribution in [2.45, 2.75) is 25.7 Å². The van der Waals surface area contributed by atoms with E-state index in [0.717, 1.165) is 37.8 Å². The molecule has 6 heteroatoms. The molecule has 0 heterocycles. The predicted molar refractivity (Wildman–Crippen MR) is 76.5 cm³/mol. The lowest BCUT2D eigenvalue weighted by Gasteiger charge is -2.24. The molecule has 1 aromatic rings. The molecule has 0 radical (unpaired) electrons. The number of nitrogens with one attached hydrogen (secondary N) is 1. The standard InChI is InChI=1S/C15H16ClFN2O2/c16-13-6-11(17)5-12(14(13)20)15(21)19-8-10-3-1-9(7-18)2-4-10/h5-6,9-10,20H,1-4,8H2,(H,19,21). The zero-order chi connectivity index (χ0) is 15.4. The number of carbonyl (C=O) groups excluding carboxylic acids is 1. The second-order valence-electron chi connectivity index (χ2n) is 5.34. The van der Waals surface area contributed by atoms with Crippen LogP contribution in [0.5, 0.6) is 5.75 Å². The molecule has 1 aliphatic carbocycles. The maximum absolute atomic E-state index is 13.2. The molecular formula is C15H16ClFN2O2. The molecule has 112 valence electrons. The number of hydrogen-bond acceptors (Lipinski definition) is 3. The van der Waals surface area contributed by atoms with Gasteiger partial charge in [0.2, 0.25) is 0 Å². The predicted octanol–water partition coefficient (Wildman–Crippen LogP) is 3.24. The summed E-state index contributed by atoms with van der Waals surface area (Å²) in [6.07, 6.45) is 3.45. The lowest BCUT2D eigenvalue weighted by atomic mass is 9.83. The summed E-state index contributed by atoms with van der Waals surface area (Å²) in [6.45, 7) is 0.449. The number of phenols is 1. The van der Waals surface area contributed by atoms with Gasteiger partial charge in [-0.2, -0.15) is 5.26 Å². The highest BCUT2D eigenvalue weighted by atomic mass is 35.5. The van der Waals surface area contributed by atoms with E-state index in [9.17, 15) is 14.3 Å². The van der Waals surface area contributed by atoms with Gasteiger partial charge in [-0.05, 0) is 43.7 Å². The van der Waals surface area contributed by atoms with Gasteiger partial charge in [0.25, 0.3) is 5.91 Å². The average molecular weight is 311 g/mol. The van der Waals surface area contributed by atoms with Crippen molar-refractivity contribution in [3.63, 3.8) is 0 Å². The number of nitriles is 1. The third-order valence-electron chi connectivity index (χ3n) is 3.85. The van der Waals surface area contributed by atoms with E-state index in [1.54, 1.807) is 0 Å². The Hall–Kier alpha value is -1.80. The SMILES string of the molecule is N#CC1CCC(CNC(=O)c2cc(F)cc(Cl)c2O)CC1. The zero-order valence-electron chi connectivity index (χ0n) is 11.4. The van der Waals surface area contributed by atoms with Crippen LogP contribution in [0.2, 0.25) is 5.02 Å². The molecule has 1 fully saturated rings. The number of hydrogen-bond donors (Lipinski definition) is 2. The number of rotatable bonds is 3. The van der Waals surface area contributed by atoms with Crippen molar-refractivity contribution in [1.82, 2.24) is 5.32 Å². The fourth-order valence-corrected chi connectivity index (χ4v) is 2.77. The molecule has 0 saturated heterocycles. The van der Waals surface area contributed by atoms with Crippen molar-refractivity contribution in [3.8, 4) is 11.8 Å². The van der Waals surface area contributed by atoms with Gasteiger partial charge in [0, 0.05) is 12.5 Å². The summed E-state index contributed by atoms with van der Waals surface area (Å²) >= 11 is 5.64. The Morgan fingerprint density at radius 2 is 2.10 bits per heavy atom. The fourth-order valence-electron chi connectivity index (χ4n) is 2.57. The van der Waals surface area contributed by atoms with Crippen molar-refractivity contribution in [2.75, 3.05) is 6.54 Å². The van der Waals surface area contributed by atoms with Crippen LogP contribution in [0.1, 0.15) is 36.0 Å². The minimum Gasteiger partial charge on any atom is -0.506 e. The second-order valence-corrected chi connectivity index (χ2v) is 5.75. The zero-order valence-corrected chi connectivity index (χ0v) is 12.2. The molecule has 0 spiro atoms. The third kappa shape index (κ3) is 3.85. The summed E-state index contributed by atoms with van der Waals surface area (Å²) in [4.78, 5) is 12.0. The maximum atomic E-state index is 13.2. The number of nitrogens with zero attached hydrogens (tertiary/aromatic N) is 1. The van der Waals surface area contributed by atoms with Gasteiger partial charge in [-0.15, -0.1) is 0 Å². The van der Waals surface area contributed by atoms with Crippen molar-refractivity contribution in [2.24, 2.45) is 11.8 Å². The van der Waals surface area contributed by atoms with Crippen molar-refractivity contribution >= 4 is 17.5 Å². The molecule has 0 aromatic heterocycles. The smallest absolute Gasteiger partial charge is 0.255 e. The van der Waals surface area contributed by atoms with Crippen LogP contribution >= 0.6 is 11.6 Å². The third-order valence-corrected chi connectivity index (χ3v) is 4.14. The van der Waals surface area contributed by atoms with E-state index < -0.39 is 17.5 Å². The van der Waals surface area contributed by atoms with Crippen LogP contribution in [0.15, 0.2) is 12.1 Å². The molecule has 1 aromatic carbocycles. The number of carbonyl (C=O) groups is 1. The summed E-state index contributed by atoms with van der Waals surface area (Å²) in [7, 11) is 0. The summed E-state index contributed by atoms with van der Waals surface area (Å²) in [5.74, 6) is -1.20. The first-order chi connectivity index (χ1) is 10.0. The lowest BCUT2D eigenvalue weighted by Crippen LogP contribution is -2.31. The molecule has 0 unspecified atom stereocenters. The van der Waals surface area contributed by atoms with Crippen molar-refractivity contribution in [3.05, 3.63) is 28.5 Å². The number of halogens is 2. The monoisotopic (exact) mass is 310 g/mol. The van der Waals surface area contributed by atoms with Crippen LogP contribution < -0.4 is 5.32 Å². The molecule has 0 atom stereocenters. The maximum Gasteiger partial charge on any atom is 0.255 e. The van der Waals surface area contributed by atoms with E-state index in [1.165, 1.54) is 0 Å². The van der Waals surface area contributed by atoms with Gasteiger partial charge in [0.1, 0.15) is 11.6 Å². The molecule has 21 heavy (non-hydrogen) atoms. The van der Waals surface area contributed by atoms with Gasteiger partial charge in [-0.25, -0.2) is 4.39 Å². The Labute approximate surface area is 127 Å². The first kappa shape index (κ1) is 15.6. The van der Waals surface area contributed by atoms with Crippen LogP contribution in [0.25, 0.3) is 0 Å². The van der Waals surface area contributed by atoms with Crippen LogP contribution in [-0.2, 0) is 0 Å². The molecule has 4 nitrogen and oxygen atoms in total. The molecule has 0 aliphatic heterocycles. The highest BCUT2D eigenvalue weighted by Gasteiger charge is 2.22. The van der Waals surface area contributed by atoms with E-state index >= 15 is 0 Å². The lowest BCUT2D eigenvalue weighted by molar-refractivity contribution is 0.0939. The Kier molecular flexibility index (Phi) is 5.03. The normalized spacial score (nSPS) is 21.6. The van der Waals surface area contributed by atoms with E-state index in [1.807, 2.05) is 0 Å². The summed E-state index contributed by atoms with van der Waals surface area (Å²) in [5, 5.41) is 21.0. The summed E-state index contributed by atoms with van der Waals surface area (Å²) in [6, 6.07) is 4.17. The number of phenolic OH excluding ortho intramolecular Hbond substituents is 1. The Morgan fingerprint density at radius 3 is 2.71 bits per heavy atom. The van der Waals surface area contributed by atoms with Gasteiger partial charge in [-0.3, -0.25) is 4.79 Å². The summed E-state index contributed by atoms with van der Waals surface area (Å²) < 4.78 is 13.2. The minimum atomic E-state index is -0.669. The average Bonchev–Trinajstić information content (AvgIpc) is 2.49. The van der Waals surface area contributed by atoms with E-state index in [0.29, 0.717) is 12.5 Å². The highest BCUT2D eigenvalue weighted by Crippen LogP contribution is 2.30. The van der Waals surface area contributed by atoms with Crippen molar-refractivity contribution < 1.29 is 14.3 Å². The molecule has 1 saturated carbocycles. The Morgan fingerprint density at radius 1 is 1.43 bits per heavy atom.